The van der Waals surface area contributed by atoms with Gasteiger partial charge in [-0.3, -0.25) is 4.79 Å². The number of hydrogen-bond acceptors (Lipinski definition) is 2. The molecule has 1 aromatic rings. The Hall–Kier alpha value is -1.31. The van der Waals surface area contributed by atoms with Crippen LogP contribution < -0.4 is 4.74 Å². The van der Waals surface area contributed by atoms with E-state index in [4.69, 9.17) is 4.74 Å². The van der Waals surface area contributed by atoms with Gasteiger partial charge in [0.2, 0.25) is 0 Å². The van der Waals surface area contributed by atoms with Gasteiger partial charge in [-0.15, -0.1) is 0 Å². The molecule has 0 saturated heterocycles. The standard InChI is InChI=1S/C18H26O2/c1-2-3-4-5-6-7-13-20-16-11-12-17-15(14-16)9-8-10-18(17)19/h11-12,14H,2-10,13H2,1H3. The zero-order valence-electron chi connectivity index (χ0n) is 12.6. The van der Waals surface area contributed by atoms with Crippen LogP contribution in [0.5, 0.6) is 5.75 Å². The molecule has 20 heavy (non-hydrogen) atoms. The summed E-state index contributed by atoms with van der Waals surface area (Å²) in [7, 11) is 0. The maximum absolute atomic E-state index is 11.7. The van der Waals surface area contributed by atoms with Crippen molar-refractivity contribution >= 4 is 5.78 Å². The lowest BCUT2D eigenvalue weighted by Gasteiger charge is -2.16. The van der Waals surface area contributed by atoms with Gasteiger partial charge >= 0.3 is 0 Å². The summed E-state index contributed by atoms with van der Waals surface area (Å²) >= 11 is 0. The second-order valence-corrected chi connectivity index (χ2v) is 5.71. The molecule has 0 aliphatic heterocycles. The Morgan fingerprint density at radius 3 is 2.70 bits per heavy atom. The highest BCUT2D eigenvalue weighted by atomic mass is 16.5. The second kappa shape index (κ2) is 8.08. The van der Waals surface area contributed by atoms with Crippen LogP contribution in [0.15, 0.2) is 18.2 Å². The fourth-order valence-corrected chi connectivity index (χ4v) is 2.79. The second-order valence-electron chi connectivity index (χ2n) is 5.71. The van der Waals surface area contributed by atoms with E-state index in [1.807, 2.05) is 12.1 Å². The van der Waals surface area contributed by atoms with Crippen molar-refractivity contribution in [2.45, 2.75) is 64.7 Å². The van der Waals surface area contributed by atoms with Crippen LogP contribution in [0.1, 0.15) is 74.2 Å². The zero-order valence-corrected chi connectivity index (χ0v) is 12.6. The number of unbranched alkanes of at least 4 members (excludes halogenated alkanes) is 5. The van der Waals surface area contributed by atoms with E-state index in [-0.39, 0.29) is 5.78 Å². The zero-order chi connectivity index (χ0) is 14.2. The first-order valence-electron chi connectivity index (χ1n) is 8.10. The highest BCUT2D eigenvalue weighted by molar-refractivity contribution is 5.98. The lowest BCUT2D eigenvalue weighted by Crippen LogP contribution is -2.10. The minimum atomic E-state index is 0.286. The molecule has 0 fully saturated rings. The molecule has 2 nitrogen and oxygen atoms in total. The Bertz CT molecular complexity index is 437. The van der Waals surface area contributed by atoms with Gasteiger partial charge in [-0.2, -0.15) is 0 Å². The smallest absolute Gasteiger partial charge is 0.163 e. The van der Waals surface area contributed by atoms with E-state index in [9.17, 15) is 4.79 Å². The minimum Gasteiger partial charge on any atom is -0.494 e. The first-order valence-corrected chi connectivity index (χ1v) is 8.10. The van der Waals surface area contributed by atoms with Crippen LogP contribution in [-0.2, 0) is 6.42 Å². The fraction of sp³-hybridized carbons (Fsp3) is 0.611. The quantitative estimate of drug-likeness (QED) is 0.627. The maximum Gasteiger partial charge on any atom is 0.163 e. The van der Waals surface area contributed by atoms with Crippen molar-refractivity contribution in [2.24, 2.45) is 0 Å². The predicted octanol–water partition coefficient (Wildman–Crippen LogP) is 4.94. The molecule has 0 bridgehead atoms. The van der Waals surface area contributed by atoms with E-state index in [1.54, 1.807) is 0 Å². The number of ketones is 1. The van der Waals surface area contributed by atoms with Crippen molar-refractivity contribution in [3.8, 4) is 5.75 Å². The summed E-state index contributed by atoms with van der Waals surface area (Å²) in [5.74, 6) is 1.21. The highest BCUT2D eigenvalue weighted by Gasteiger charge is 2.17. The number of fused-ring (bicyclic) bond motifs is 1. The molecule has 2 heteroatoms. The fourth-order valence-electron chi connectivity index (χ4n) is 2.79. The normalized spacial score (nSPS) is 14.2. The number of carbonyl (C=O) groups is 1. The Labute approximate surface area is 122 Å². The summed E-state index contributed by atoms with van der Waals surface area (Å²) in [5.41, 5.74) is 2.07. The molecular formula is C18H26O2. The van der Waals surface area contributed by atoms with Crippen molar-refractivity contribution in [3.63, 3.8) is 0 Å². The van der Waals surface area contributed by atoms with Crippen molar-refractivity contribution in [1.82, 2.24) is 0 Å². The summed E-state index contributed by atoms with van der Waals surface area (Å²) < 4.78 is 5.80. The molecule has 1 aliphatic rings. The summed E-state index contributed by atoms with van der Waals surface area (Å²) in [6.07, 6.45) is 10.4. The van der Waals surface area contributed by atoms with E-state index < -0.39 is 0 Å². The van der Waals surface area contributed by atoms with Gasteiger partial charge in [-0.05, 0) is 43.0 Å². The summed E-state index contributed by atoms with van der Waals surface area (Å²) in [4.78, 5) is 11.7. The van der Waals surface area contributed by atoms with Gasteiger partial charge in [-0.25, -0.2) is 0 Å². The number of ether oxygens (including phenoxy) is 1. The van der Waals surface area contributed by atoms with Gasteiger partial charge in [0.25, 0.3) is 0 Å². The van der Waals surface area contributed by atoms with E-state index >= 15 is 0 Å². The number of carbonyl (C=O) groups excluding carboxylic acids is 1. The Morgan fingerprint density at radius 1 is 1.05 bits per heavy atom. The van der Waals surface area contributed by atoms with Crippen molar-refractivity contribution in [3.05, 3.63) is 29.3 Å². The number of rotatable bonds is 8. The van der Waals surface area contributed by atoms with Crippen LogP contribution in [0.25, 0.3) is 0 Å². The van der Waals surface area contributed by atoms with E-state index in [2.05, 4.69) is 13.0 Å². The third kappa shape index (κ3) is 4.36. The first-order chi connectivity index (χ1) is 9.81. The SMILES string of the molecule is CCCCCCCCOc1ccc2c(c1)CCCC2=O. The molecule has 0 N–H and O–H groups in total. The van der Waals surface area contributed by atoms with E-state index in [0.29, 0.717) is 6.42 Å². The molecule has 1 aromatic carbocycles. The summed E-state index contributed by atoms with van der Waals surface area (Å²) in [6, 6.07) is 5.94. The molecular weight excluding hydrogens is 248 g/mol. The first kappa shape index (κ1) is 15.1. The van der Waals surface area contributed by atoms with Gasteiger partial charge in [0, 0.05) is 12.0 Å². The van der Waals surface area contributed by atoms with Gasteiger partial charge in [0.15, 0.2) is 5.78 Å². The minimum absolute atomic E-state index is 0.286. The third-order valence-corrected chi connectivity index (χ3v) is 3.99. The lowest BCUT2D eigenvalue weighted by atomic mass is 9.90. The van der Waals surface area contributed by atoms with Crippen LogP contribution in [0.3, 0.4) is 0 Å². The number of benzene rings is 1. The third-order valence-electron chi connectivity index (χ3n) is 3.99. The molecule has 2 rings (SSSR count). The maximum atomic E-state index is 11.7. The van der Waals surface area contributed by atoms with Crippen LogP contribution in [0.4, 0.5) is 0 Å². The average Bonchev–Trinajstić information content (AvgIpc) is 2.46. The monoisotopic (exact) mass is 274 g/mol. The molecule has 0 aromatic heterocycles. The van der Waals surface area contributed by atoms with Crippen molar-refractivity contribution in [2.75, 3.05) is 6.61 Å². The molecule has 0 saturated carbocycles. The number of hydrogen-bond donors (Lipinski definition) is 0. The summed E-state index contributed by atoms with van der Waals surface area (Å²) in [6.45, 7) is 3.03. The van der Waals surface area contributed by atoms with Crippen LogP contribution >= 0.6 is 0 Å². The van der Waals surface area contributed by atoms with E-state index in [0.717, 1.165) is 37.2 Å². The Kier molecular flexibility index (Phi) is 6.10. The predicted molar refractivity (Wildman–Crippen MR) is 82.6 cm³/mol. The largest absolute Gasteiger partial charge is 0.494 e. The molecule has 0 atom stereocenters. The molecule has 0 radical (unpaired) electrons. The molecule has 0 spiro atoms. The van der Waals surface area contributed by atoms with Crippen molar-refractivity contribution in [1.29, 1.82) is 0 Å². The molecule has 0 heterocycles. The number of aryl methyl sites for hydroxylation is 1. The number of Topliss-reactive ketones (excluding diaryl/α,β-unsaturated/α-hetero) is 1. The molecule has 0 unspecified atom stereocenters. The lowest BCUT2D eigenvalue weighted by molar-refractivity contribution is 0.0972. The van der Waals surface area contributed by atoms with Crippen molar-refractivity contribution < 1.29 is 9.53 Å². The molecule has 1 aliphatic carbocycles. The van der Waals surface area contributed by atoms with Crippen LogP contribution in [-0.4, -0.2) is 12.4 Å². The van der Waals surface area contributed by atoms with Gasteiger partial charge in [0.05, 0.1) is 6.61 Å². The van der Waals surface area contributed by atoms with Crippen LogP contribution in [0.2, 0.25) is 0 Å². The average molecular weight is 274 g/mol. The van der Waals surface area contributed by atoms with Gasteiger partial charge in [-0.1, -0.05) is 39.0 Å². The van der Waals surface area contributed by atoms with Gasteiger partial charge in [0.1, 0.15) is 5.75 Å². The van der Waals surface area contributed by atoms with Gasteiger partial charge < -0.3 is 4.74 Å². The topological polar surface area (TPSA) is 26.3 Å². The Morgan fingerprint density at radius 2 is 1.85 bits per heavy atom. The van der Waals surface area contributed by atoms with Crippen LogP contribution in [0, 0.1) is 0 Å². The molecule has 110 valence electrons. The van der Waals surface area contributed by atoms with E-state index in [1.165, 1.54) is 37.7 Å². The Balaban J connectivity index is 1.72. The molecule has 0 amide bonds. The summed E-state index contributed by atoms with van der Waals surface area (Å²) in [5, 5.41) is 0. The highest BCUT2D eigenvalue weighted by Crippen LogP contribution is 2.25.